The Morgan fingerprint density at radius 2 is 2.00 bits per heavy atom. The predicted molar refractivity (Wildman–Crippen MR) is 64.3 cm³/mol. The van der Waals surface area contributed by atoms with E-state index in [1.807, 2.05) is 13.8 Å². The molecule has 0 saturated heterocycles. The summed E-state index contributed by atoms with van der Waals surface area (Å²) in [6.07, 6.45) is 2.09. The van der Waals surface area contributed by atoms with Crippen molar-refractivity contribution in [1.29, 1.82) is 0 Å². The smallest absolute Gasteiger partial charge is 0.315 e. The zero-order valence-corrected chi connectivity index (χ0v) is 10.1. The van der Waals surface area contributed by atoms with Crippen molar-refractivity contribution >= 4 is 6.03 Å². The summed E-state index contributed by atoms with van der Waals surface area (Å²) in [5, 5.41) is 5.46. The minimum absolute atomic E-state index is 0.217. The van der Waals surface area contributed by atoms with Crippen molar-refractivity contribution in [2.45, 2.75) is 39.3 Å². The number of urea groups is 1. The molecule has 2 rings (SSSR count). The second-order valence-electron chi connectivity index (χ2n) is 4.63. The lowest BCUT2D eigenvalue weighted by atomic mass is 10.1. The van der Waals surface area contributed by atoms with Crippen LogP contribution in [0.2, 0.25) is 0 Å². The molecule has 1 saturated carbocycles. The van der Waals surface area contributed by atoms with E-state index in [1.54, 1.807) is 6.07 Å². The highest BCUT2D eigenvalue weighted by atomic mass is 19.1. The van der Waals surface area contributed by atoms with Crippen LogP contribution in [-0.2, 0) is 6.54 Å². The minimum Gasteiger partial charge on any atom is -0.335 e. The monoisotopic (exact) mass is 236 g/mol. The molecule has 1 aliphatic carbocycles. The van der Waals surface area contributed by atoms with E-state index in [9.17, 15) is 9.18 Å². The van der Waals surface area contributed by atoms with Crippen molar-refractivity contribution in [2.24, 2.45) is 0 Å². The summed E-state index contributed by atoms with van der Waals surface area (Å²) >= 11 is 0. The SMILES string of the molecule is Cc1cc(F)c(CNC(=O)NC2CC2)cc1C. The Kier molecular flexibility index (Phi) is 3.31. The van der Waals surface area contributed by atoms with E-state index in [2.05, 4.69) is 10.6 Å². The van der Waals surface area contributed by atoms with Gasteiger partial charge in [-0.1, -0.05) is 6.07 Å². The van der Waals surface area contributed by atoms with Crippen LogP contribution in [0.4, 0.5) is 9.18 Å². The Hall–Kier alpha value is -1.58. The second kappa shape index (κ2) is 4.73. The third kappa shape index (κ3) is 3.19. The van der Waals surface area contributed by atoms with Crippen LogP contribution in [0.3, 0.4) is 0 Å². The number of aryl methyl sites for hydroxylation is 2. The first-order chi connectivity index (χ1) is 8.06. The van der Waals surface area contributed by atoms with Crippen LogP contribution in [0, 0.1) is 19.7 Å². The highest BCUT2D eigenvalue weighted by Crippen LogP contribution is 2.18. The van der Waals surface area contributed by atoms with E-state index in [4.69, 9.17) is 0 Å². The van der Waals surface area contributed by atoms with Gasteiger partial charge in [0.05, 0.1) is 0 Å². The molecular weight excluding hydrogens is 219 g/mol. The molecule has 0 atom stereocenters. The highest BCUT2D eigenvalue weighted by Gasteiger charge is 2.23. The highest BCUT2D eigenvalue weighted by molar-refractivity contribution is 5.74. The topological polar surface area (TPSA) is 41.1 Å². The summed E-state index contributed by atoms with van der Waals surface area (Å²) in [4.78, 5) is 11.4. The van der Waals surface area contributed by atoms with Crippen molar-refractivity contribution in [3.05, 3.63) is 34.6 Å². The Morgan fingerprint density at radius 1 is 1.35 bits per heavy atom. The Bertz CT molecular complexity index is 441. The quantitative estimate of drug-likeness (QED) is 0.831. The molecule has 2 amide bonds. The van der Waals surface area contributed by atoms with Crippen LogP contribution >= 0.6 is 0 Å². The maximum absolute atomic E-state index is 13.6. The molecule has 17 heavy (non-hydrogen) atoms. The Labute approximate surface area is 100 Å². The van der Waals surface area contributed by atoms with Gasteiger partial charge in [0, 0.05) is 18.2 Å². The largest absolute Gasteiger partial charge is 0.335 e. The molecule has 1 aliphatic rings. The number of hydrogen-bond donors (Lipinski definition) is 2. The van der Waals surface area contributed by atoms with E-state index >= 15 is 0 Å². The fourth-order valence-corrected chi connectivity index (χ4v) is 1.62. The molecule has 1 fully saturated rings. The molecule has 3 nitrogen and oxygen atoms in total. The molecule has 0 aliphatic heterocycles. The molecule has 0 heterocycles. The predicted octanol–water partition coefficient (Wildman–Crippen LogP) is 2.40. The maximum atomic E-state index is 13.6. The van der Waals surface area contributed by atoms with Gasteiger partial charge in [0.2, 0.25) is 0 Å². The molecular formula is C13H17FN2O. The molecule has 0 aromatic heterocycles. The number of carbonyl (C=O) groups excluding carboxylic acids is 1. The summed E-state index contributed by atoms with van der Waals surface area (Å²) in [7, 11) is 0. The van der Waals surface area contributed by atoms with Gasteiger partial charge in [0.1, 0.15) is 5.82 Å². The van der Waals surface area contributed by atoms with Crippen molar-refractivity contribution in [2.75, 3.05) is 0 Å². The van der Waals surface area contributed by atoms with Gasteiger partial charge in [-0.05, 0) is 43.9 Å². The van der Waals surface area contributed by atoms with E-state index in [0.29, 0.717) is 11.6 Å². The van der Waals surface area contributed by atoms with Gasteiger partial charge in [-0.15, -0.1) is 0 Å². The van der Waals surface area contributed by atoms with Gasteiger partial charge in [-0.2, -0.15) is 0 Å². The molecule has 4 heteroatoms. The average molecular weight is 236 g/mol. The molecule has 92 valence electrons. The maximum Gasteiger partial charge on any atom is 0.315 e. The third-order valence-corrected chi connectivity index (χ3v) is 3.01. The van der Waals surface area contributed by atoms with Gasteiger partial charge in [0.15, 0.2) is 0 Å². The Balaban J connectivity index is 1.93. The number of nitrogens with one attached hydrogen (secondary N) is 2. The molecule has 2 N–H and O–H groups in total. The normalized spacial score (nSPS) is 14.5. The van der Waals surface area contributed by atoms with Gasteiger partial charge in [0.25, 0.3) is 0 Å². The molecule has 1 aromatic carbocycles. The molecule has 0 bridgehead atoms. The first-order valence-corrected chi connectivity index (χ1v) is 5.86. The lowest BCUT2D eigenvalue weighted by Crippen LogP contribution is -2.36. The number of halogens is 1. The first kappa shape index (κ1) is 11.9. The standard InChI is InChI=1S/C13H17FN2O/c1-8-5-10(12(14)6-9(8)2)7-15-13(17)16-11-3-4-11/h5-6,11H,3-4,7H2,1-2H3,(H2,15,16,17). The summed E-state index contributed by atoms with van der Waals surface area (Å²) in [5.74, 6) is -0.264. The van der Waals surface area contributed by atoms with Crippen LogP contribution < -0.4 is 10.6 Å². The van der Waals surface area contributed by atoms with Crippen LogP contribution in [0.5, 0.6) is 0 Å². The van der Waals surface area contributed by atoms with Crippen LogP contribution in [0.15, 0.2) is 12.1 Å². The number of rotatable bonds is 3. The summed E-state index contributed by atoms with van der Waals surface area (Å²) < 4.78 is 13.6. The van der Waals surface area contributed by atoms with Crippen LogP contribution in [0.25, 0.3) is 0 Å². The van der Waals surface area contributed by atoms with E-state index in [-0.39, 0.29) is 18.4 Å². The van der Waals surface area contributed by atoms with Crippen molar-refractivity contribution in [3.63, 3.8) is 0 Å². The molecule has 0 radical (unpaired) electrons. The van der Waals surface area contributed by atoms with E-state index in [0.717, 1.165) is 24.0 Å². The second-order valence-corrected chi connectivity index (χ2v) is 4.63. The van der Waals surface area contributed by atoms with Crippen molar-refractivity contribution in [3.8, 4) is 0 Å². The lowest BCUT2D eigenvalue weighted by Gasteiger charge is -2.09. The van der Waals surface area contributed by atoms with Crippen LogP contribution in [0.1, 0.15) is 29.5 Å². The number of benzene rings is 1. The first-order valence-electron chi connectivity index (χ1n) is 5.86. The number of carbonyl (C=O) groups is 1. The zero-order chi connectivity index (χ0) is 12.4. The summed E-state index contributed by atoms with van der Waals surface area (Å²) in [6, 6.07) is 3.39. The molecule has 0 spiro atoms. The number of amides is 2. The molecule has 0 unspecified atom stereocenters. The van der Waals surface area contributed by atoms with Gasteiger partial charge in [-0.25, -0.2) is 9.18 Å². The van der Waals surface area contributed by atoms with Gasteiger partial charge < -0.3 is 10.6 Å². The fraction of sp³-hybridized carbons (Fsp3) is 0.462. The lowest BCUT2D eigenvalue weighted by molar-refractivity contribution is 0.240. The third-order valence-electron chi connectivity index (χ3n) is 3.01. The van der Waals surface area contributed by atoms with Crippen LogP contribution in [-0.4, -0.2) is 12.1 Å². The van der Waals surface area contributed by atoms with E-state index in [1.165, 1.54) is 6.07 Å². The number of hydrogen-bond acceptors (Lipinski definition) is 1. The van der Waals surface area contributed by atoms with Crippen molar-refractivity contribution < 1.29 is 9.18 Å². The van der Waals surface area contributed by atoms with Crippen molar-refractivity contribution in [1.82, 2.24) is 10.6 Å². The Morgan fingerprint density at radius 3 is 2.65 bits per heavy atom. The van der Waals surface area contributed by atoms with E-state index < -0.39 is 0 Å². The zero-order valence-electron chi connectivity index (χ0n) is 10.1. The van der Waals surface area contributed by atoms with Gasteiger partial charge >= 0.3 is 6.03 Å². The molecule has 1 aromatic rings. The average Bonchev–Trinajstić information content (AvgIpc) is 3.05. The minimum atomic E-state index is -0.264. The summed E-state index contributed by atoms with van der Waals surface area (Å²) in [5.41, 5.74) is 2.48. The van der Waals surface area contributed by atoms with Gasteiger partial charge in [-0.3, -0.25) is 0 Å². The summed E-state index contributed by atoms with van der Waals surface area (Å²) in [6.45, 7) is 4.03. The fourth-order valence-electron chi connectivity index (χ4n) is 1.62.